The maximum atomic E-state index is 13.2. The van der Waals surface area contributed by atoms with Crippen LogP contribution in [0.5, 0.6) is 0 Å². The Hall–Kier alpha value is -1.98. The molecular formula is C19H20O4S. The smallest absolute Gasteiger partial charge is 0.184 e. The first-order valence-corrected chi connectivity index (χ1v) is 9.52. The molecule has 0 amide bonds. The fourth-order valence-electron chi connectivity index (χ4n) is 3.54. The number of hydrogen-bond acceptors (Lipinski definition) is 4. The summed E-state index contributed by atoms with van der Waals surface area (Å²) in [5.41, 5.74) is -1.26. The van der Waals surface area contributed by atoms with Crippen molar-refractivity contribution in [3.05, 3.63) is 66.2 Å². The van der Waals surface area contributed by atoms with Gasteiger partial charge >= 0.3 is 0 Å². The van der Waals surface area contributed by atoms with Crippen LogP contribution in [0.3, 0.4) is 0 Å². The van der Waals surface area contributed by atoms with Gasteiger partial charge in [0.2, 0.25) is 0 Å². The average molecular weight is 344 g/mol. The Morgan fingerprint density at radius 2 is 1.54 bits per heavy atom. The van der Waals surface area contributed by atoms with E-state index in [0.29, 0.717) is 5.56 Å². The van der Waals surface area contributed by atoms with E-state index in [4.69, 9.17) is 0 Å². The molecule has 4 nitrogen and oxygen atoms in total. The molecule has 2 aromatic carbocycles. The molecule has 0 unspecified atom stereocenters. The number of sulfone groups is 1. The highest BCUT2D eigenvalue weighted by Gasteiger charge is 2.54. The third-order valence-electron chi connectivity index (χ3n) is 4.97. The Labute approximate surface area is 142 Å². The van der Waals surface area contributed by atoms with Gasteiger partial charge in [-0.05, 0) is 24.1 Å². The number of benzene rings is 2. The lowest BCUT2D eigenvalue weighted by Crippen LogP contribution is -2.54. The normalized spacial score (nSPS) is 27.8. The minimum Gasteiger partial charge on any atom is -0.383 e. The van der Waals surface area contributed by atoms with Gasteiger partial charge < -0.3 is 5.11 Å². The van der Waals surface area contributed by atoms with Crippen molar-refractivity contribution in [2.24, 2.45) is 5.92 Å². The van der Waals surface area contributed by atoms with Gasteiger partial charge in [-0.3, -0.25) is 4.79 Å². The fraction of sp³-hybridized carbons (Fsp3) is 0.316. The first-order chi connectivity index (χ1) is 11.4. The van der Waals surface area contributed by atoms with Gasteiger partial charge in [-0.25, -0.2) is 8.42 Å². The van der Waals surface area contributed by atoms with E-state index in [9.17, 15) is 18.3 Å². The Morgan fingerprint density at radius 1 is 1.00 bits per heavy atom. The summed E-state index contributed by atoms with van der Waals surface area (Å²) in [6.07, 6.45) is 0.277. The maximum absolute atomic E-state index is 13.2. The first kappa shape index (κ1) is 16.9. The van der Waals surface area contributed by atoms with Crippen LogP contribution in [-0.4, -0.2) is 24.6 Å². The van der Waals surface area contributed by atoms with E-state index >= 15 is 0 Å². The van der Waals surface area contributed by atoms with Crippen LogP contribution in [0.15, 0.2) is 65.6 Å². The van der Waals surface area contributed by atoms with E-state index in [1.807, 2.05) is 0 Å². The van der Waals surface area contributed by atoms with Crippen molar-refractivity contribution in [3.8, 4) is 0 Å². The second-order valence-corrected chi connectivity index (χ2v) is 8.40. The summed E-state index contributed by atoms with van der Waals surface area (Å²) in [5, 5.41) is 10.4. The van der Waals surface area contributed by atoms with Gasteiger partial charge in [0.05, 0.1) is 10.1 Å². The molecule has 1 aliphatic rings. The molecule has 24 heavy (non-hydrogen) atoms. The van der Waals surface area contributed by atoms with E-state index in [2.05, 4.69) is 0 Å². The highest BCUT2D eigenvalue weighted by Crippen LogP contribution is 2.44. The molecule has 0 heterocycles. The lowest BCUT2D eigenvalue weighted by molar-refractivity contribution is -0.137. The zero-order valence-electron chi connectivity index (χ0n) is 13.4. The standard InChI is InChI=1S/C19H20O4S/c1-14-17(20)12-13-18(19(14,21)15-8-4-2-5-9-15)24(22,23)16-10-6-3-7-11-16/h2-11,14,18,21H,12-13H2,1H3/t14-,18-,19-/m1/s1. The molecule has 0 aliphatic heterocycles. The van der Waals surface area contributed by atoms with E-state index in [-0.39, 0.29) is 23.5 Å². The fourth-order valence-corrected chi connectivity index (χ4v) is 5.65. The minimum absolute atomic E-state index is 0.110. The number of carbonyl (C=O) groups excluding carboxylic acids is 1. The molecule has 0 radical (unpaired) electrons. The minimum atomic E-state index is -3.78. The summed E-state index contributed by atoms with van der Waals surface area (Å²) in [7, 11) is -3.78. The van der Waals surface area contributed by atoms with Crippen molar-refractivity contribution in [1.82, 2.24) is 0 Å². The van der Waals surface area contributed by atoms with Crippen molar-refractivity contribution in [2.45, 2.75) is 35.5 Å². The third-order valence-corrected chi connectivity index (χ3v) is 7.24. The molecule has 0 spiro atoms. The number of carbonyl (C=O) groups is 1. The Kier molecular flexibility index (Phi) is 4.32. The van der Waals surface area contributed by atoms with E-state index in [1.54, 1.807) is 55.5 Å². The molecule has 1 N–H and O–H groups in total. The summed E-state index contributed by atoms with van der Waals surface area (Å²) in [5.74, 6) is -0.891. The number of rotatable bonds is 3. The first-order valence-electron chi connectivity index (χ1n) is 7.98. The van der Waals surface area contributed by atoms with Gasteiger partial charge in [0.15, 0.2) is 9.84 Å². The molecule has 3 rings (SSSR count). The van der Waals surface area contributed by atoms with Crippen LogP contribution in [0.25, 0.3) is 0 Å². The lowest BCUT2D eigenvalue weighted by atomic mass is 9.71. The van der Waals surface area contributed by atoms with Gasteiger partial charge in [-0.2, -0.15) is 0 Å². The van der Waals surface area contributed by atoms with E-state index in [0.717, 1.165) is 0 Å². The van der Waals surface area contributed by atoms with Crippen LogP contribution in [0, 0.1) is 5.92 Å². The molecule has 2 aromatic rings. The molecular weight excluding hydrogens is 324 g/mol. The topological polar surface area (TPSA) is 71.4 Å². The largest absolute Gasteiger partial charge is 0.383 e. The van der Waals surface area contributed by atoms with E-state index in [1.165, 1.54) is 12.1 Å². The van der Waals surface area contributed by atoms with Crippen molar-refractivity contribution in [2.75, 3.05) is 0 Å². The van der Waals surface area contributed by atoms with Crippen LogP contribution in [0.4, 0.5) is 0 Å². The predicted molar refractivity (Wildman–Crippen MR) is 91.2 cm³/mol. The molecule has 1 fully saturated rings. The zero-order valence-corrected chi connectivity index (χ0v) is 14.2. The molecule has 126 valence electrons. The van der Waals surface area contributed by atoms with Crippen LogP contribution < -0.4 is 0 Å². The van der Waals surface area contributed by atoms with Gasteiger partial charge in [0.25, 0.3) is 0 Å². The number of Topliss-reactive ketones (excluding diaryl/α,β-unsaturated/α-hetero) is 1. The second-order valence-electron chi connectivity index (χ2n) is 6.26. The predicted octanol–water partition coefficient (Wildman–Crippen LogP) is 2.72. The summed E-state index contributed by atoms with van der Waals surface area (Å²) < 4.78 is 26.3. The van der Waals surface area contributed by atoms with Crippen LogP contribution in [-0.2, 0) is 20.2 Å². The molecule has 1 aliphatic carbocycles. The van der Waals surface area contributed by atoms with Gasteiger partial charge in [-0.1, -0.05) is 55.5 Å². The number of hydrogen-bond donors (Lipinski definition) is 1. The van der Waals surface area contributed by atoms with Gasteiger partial charge in [-0.15, -0.1) is 0 Å². The number of ketones is 1. The van der Waals surface area contributed by atoms with Crippen molar-refractivity contribution >= 4 is 15.6 Å². The summed E-state index contributed by atoms with van der Waals surface area (Å²) in [6, 6.07) is 16.8. The Morgan fingerprint density at radius 3 is 2.12 bits per heavy atom. The molecule has 1 saturated carbocycles. The maximum Gasteiger partial charge on any atom is 0.184 e. The highest BCUT2D eigenvalue weighted by molar-refractivity contribution is 7.92. The quantitative estimate of drug-likeness (QED) is 0.929. The molecule has 0 saturated heterocycles. The molecule has 0 aromatic heterocycles. The van der Waals surface area contributed by atoms with Crippen LogP contribution >= 0.6 is 0 Å². The molecule has 5 heteroatoms. The summed E-state index contributed by atoms with van der Waals surface area (Å²) in [4.78, 5) is 12.4. The number of aliphatic hydroxyl groups is 1. The second kappa shape index (κ2) is 6.15. The lowest BCUT2D eigenvalue weighted by Gasteiger charge is -2.43. The van der Waals surface area contributed by atoms with Crippen molar-refractivity contribution in [3.63, 3.8) is 0 Å². The monoisotopic (exact) mass is 344 g/mol. The van der Waals surface area contributed by atoms with Gasteiger partial charge in [0.1, 0.15) is 11.4 Å². The third kappa shape index (κ3) is 2.58. The van der Waals surface area contributed by atoms with Crippen LogP contribution in [0.2, 0.25) is 0 Å². The summed E-state index contributed by atoms with van der Waals surface area (Å²) >= 11 is 0. The molecule has 3 atom stereocenters. The van der Waals surface area contributed by atoms with E-state index < -0.39 is 26.6 Å². The average Bonchev–Trinajstić information content (AvgIpc) is 2.61. The zero-order chi connectivity index (χ0) is 17.4. The highest BCUT2D eigenvalue weighted by atomic mass is 32.2. The molecule has 0 bridgehead atoms. The summed E-state index contributed by atoms with van der Waals surface area (Å²) in [6.45, 7) is 1.61. The Bertz CT molecular complexity index is 830. The van der Waals surface area contributed by atoms with Crippen LogP contribution in [0.1, 0.15) is 25.3 Å². The van der Waals surface area contributed by atoms with Crippen molar-refractivity contribution < 1.29 is 18.3 Å². The van der Waals surface area contributed by atoms with Crippen molar-refractivity contribution in [1.29, 1.82) is 0 Å². The van der Waals surface area contributed by atoms with Gasteiger partial charge in [0, 0.05) is 12.3 Å². The Balaban J connectivity index is 2.17. The SMILES string of the molecule is C[C@@H]1C(=O)CC[C@@H](S(=O)(=O)c2ccccc2)[C@]1(O)c1ccccc1.